The van der Waals surface area contributed by atoms with Crippen molar-refractivity contribution in [3.63, 3.8) is 0 Å². The standard InChI is InChI=1S/C8H15ClO2.CH4O2/c1-8(2,3)7(10)11-6-4-5-9;2-1-3/h4-6H2,1-3H3;2-3H,1H2. The lowest BCUT2D eigenvalue weighted by molar-refractivity contribution is -0.152. The molecule has 0 aromatic heterocycles. The van der Waals surface area contributed by atoms with E-state index >= 15 is 0 Å². The Hall–Kier alpha value is -0.320. The Labute approximate surface area is 89.8 Å². The Balaban J connectivity index is 0. The van der Waals surface area contributed by atoms with Crippen molar-refractivity contribution in [2.75, 3.05) is 19.3 Å². The van der Waals surface area contributed by atoms with Gasteiger partial charge in [0.2, 0.25) is 0 Å². The summed E-state index contributed by atoms with van der Waals surface area (Å²) in [5.41, 5.74) is -0.397. The van der Waals surface area contributed by atoms with E-state index in [2.05, 4.69) is 0 Å². The van der Waals surface area contributed by atoms with Gasteiger partial charge in [0.1, 0.15) is 6.79 Å². The van der Waals surface area contributed by atoms with Crippen molar-refractivity contribution in [3.8, 4) is 0 Å². The van der Waals surface area contributed by atoms with Gasteiger partial charge in [0.25, 0.3) is 0 Å². The summed E-state index contributed by atoms with van der Waals surface area (Å²) in [6.45, 7) is 5.17. The smallest absolute Gasteiger partial charge is 0.311 e. The molecule has 4 nitrogen and oxygen atoms in total. The summed E-state index contributed by atoms with van der Waals surface area (Å²) in [5, 5.41) is 14.2. The van der Waals surface area contributed by atoms with Gasteiger partial charge in [0.15, 0.2) is 0 Å². The molecule has 0 aliphatic rings. The number of halogens is 1. The largest absolute Gasteiger partial charge is 0.465 e. The van der Waals surface area contributed by atoms with Crippen LogP contribution in [0.2, 0.25) is 0 Å². The number of carbonyl (C=O) groups is 1. The molecule has 0 atom stereocenters. The average Bonchev–Trinajstić information content (AvgIpc) is 2.04. The van der Waals surface area contributed by atoms with Crippen LogP contribution >= 0.6 is 11.6 Å². The molecule has 86 valence electrons. The van der Waals surface area contributed by atoms with E-state index in [9.17, 15) is 4.79 Å². The second-order valence-electron chi connectivity index (χ2n) is 3.57. The molecule has 0 aromatic carbocycles. The van der Waals surface area contributed by atoms with Crippen molar-refractivity contribution >= 4 is 17.6 Å². The second kappa shape index (κ2) is 9.24. The minimum Gasteiger partial charge on any atom is -0.465 e. The molecule has 5 heteroatoms. The monoisotopic (exact) mass is 226 g/mol. The van der Waals surface area contributed by atoms with Gasteiger partial charge < -0.3 is 14.9 Å². The molecule has 0 aliphatic carbocycles. The van der Waals surface area contributed by atoms with Gasteiger partial charge in [-0.25, -0.2) is 0 Å². The molecule has 2 N–H and O–H groups in total. The van der Waals surface area contributed by atoms with Crippen LogP contribution in [0.4, 0.5) is 0 Å². The third-order valence-electron chi connectivity index (χ3n) is 1.12. The second-order valence-corrected chi connectivity index (χ2v) is 3.95. The van der Waals surface area contributed by atoms with Crippen LogP contribution < -0.4 is 0 Å². The van der Waals surface area contributed by atoms with Gasteiger partial charge in [-0.3, -0.25) is 4.79 Å². The predicted molar refractivity (Wildman–Crippen MR) is 55.1 cm³/mol. The maximum Gasteiger partial charge on any atom is 0.311 e. The minimum atomic E-state index is -0.750. The molecule has 0 fully saturated rings. The van der Waals surface area contributed by atoms with Gasteiger partial charge in [-0.2, -0.15) is 0 Å². The van der Waals surface area contributed by atoms with E-state index in [1.807, 2.05) is 20.8 Å². The van der Waals surface area contributed by atoms with Crippen molar-refractivity contribution in [1.29, 1.82) is 0 Å². The van der Waals surface area contributed by atoms with E-state index in [0.717, 1.165) is 6.42 Å². The van der Waals surface area contributed by atoms with Crippen LogP contribution in [0.5, 0.6) is 0 Å². The number of carbonyl (C=O) groups excluding carboxylic acids is 1. The van der Waals surface area contributed by atoms with Crippen molar-refractivity contribution in [2.45, 2.75) is 27.2 Å². The van der Waals surface area contributed by atoms with Crippen LogP contribution in [0, 0.1) is 5.41 Å². The van der Waals surface area contributed by atoms with E-state index in [0.29, 0.717) is 12.5 Å². The lowest BCUT2D eigenvalue weighted by atomic mass is 9.97. The molecule has 0 heterocycles. The molecule has 0 amide bonds. The fourth-order valence-corrected chi connectivity index (χ4v) is 0.545. The third kappa shape index (κ3) is 11.7. The van der Waals surface area contributed by atoms with E-state index in [1.165, 1.54) is 0 Å². The number of hydrogen-bond donors (Lipinski definition) is 2. The summed E-state index contributed by atoms with van der Waals surface area (Å²) in [6, 6.07) is 0. The molecule has 0 spiro atoms. The summed E-state index contributed by atoms with van der Waals surface area (Å²) in [7, 11) is 0. The first-order valence-corrected chi connectivity index (χ1v) is 4.88. The first-order chi connectivity index (χ1) is 6.40. The summed E-state index contributed by atoms with van der Waals surface area (Å²) in [5.74, 6) is 0.375. The molecule has 0 saturated heterocycles. The highest BCUT2D eigenvalue weighted by atomic mass is 35.5. The van der Waals surface area contributed by atoms with Gasteiger partial charge in [0, 0.05) is 5.88 Å². The number of ether oxygens (including phenoxy) is 1. The van der Waals surface area contributed by atoms with Crippen LogP contribution in [0.25, 0.3) is 0 Å². The first kappa shape index (κ1) is 16.1. The Morgan fingerprint density at radius 1 is 1.36 bits per heavy atom. The van der Waals surface area contributed by atoms with Crippen LogP contribution in [-0.2, 0) is 9.53 Å². The molecular formula is C9H19ClO4. The summed E-state index contributed by atoms with van der Waals surface area (Å²) in [6.07, 6.45) is 0.726. The van der Waals surface area contributed by atoms with Crippen molar-refractivity contribution < 1.29 is 19.7 Å². The molecule has 0 aromatic rings. The van der Waals surface area contributed by atoms with Gasteiger partial charge in [-0.1, -0.05) is 0 Å². The van der Waals surface area contributed by atoms with Crippen molar-refractivity contribution in [1.82, 2.24) is 0 Å². The Morgan fingerprint density at radius 3 is 2.07 bits per heavy atom. The Bertz CT molecular complexity index is 142. The van der Waals surface area contributed by atoms with E-state index in [-0.39, 0.29) is 5.97 Å². The van der Waals surface area contributed by atoms with Crippen LogP contribution in [-0.4, -0.2) is 35.5 Å². The number of aliphatic hydroxyl groups excluding tert-OH is 1. The summed E-state index contributed by atoms with van der Waals surface area (Å²) < 4.78 is 4.92. The van der Waals surface area contributed by atoms with E-state index < -0.39 is 12.2 Å². The van der Waals surface area contributed by atoms with Crippen LogP contribution in [0.1, 0.15) is 27.2 Å². The molecule has 0 aliphatic heterocycles. The summed E-state index contributed by atoms with van der Waals surface area (Å²) in [4.78, 5) is 11.1. The zero-order valence-corrected chi connectivity index (χ0v) is 9.67. The SMILES string of the molecule is CC(C)(C)C(=O)OCCCCl.OCO. The minimum absolute atomic E-state index is 0.164. The first-order valence-electron chi connectivity index (χ1n) is 4.35. The molecule has 0 bridgehead atoms. The van der Waals surface area contributed by atoms with Crippen molar-refractivity contribution in [3.05, 3.63) is 0 Å². The van der Waals surface area contributed by atoms with Gasteiger partial charge in [-0.15, -0.1) is 11.6 Å². The van der Waals surface area contributed by atoms with Crippen LogP contribution in [0.3, 0.4) is 0 Å². The molecule has 0 radical (unpaired) electrons. The zero-order valence-electron chi connectivity index (χ0n) is 8.92. The maximum absolute atomic E-state index is 11.1. The molecule has 0 rings (SSSR count). The number of hydrogen-bond acceptors (Lipinski definition) is 4. The highest BCUT2D eigenvalue weighted by Crippen LogP contribution is 2.14. The highest BCUT2D eigenvalue weighted by molar-refractivity contribution is 6.17. The van der Waals surface area contributed by atoms with E-state index in [1.54, 1.807) is 0 Å². The number of rotatable bonds is 3. The topological polar surface area (TPSA) is 66.8 Å². The predicted octanol–water partition coefficient (Wildman–Crippen LogP) is 1.13. The maximum atomic E-state index is 11.1. The summed E-state index contributed by atoms with van der Waals surface area (Å²) >= 11 is 5.41. The van der Waals surface area contributed by atoms with Gasteiger partial charge in [-0.05, 0) is 27.2 Å². The number of esters is 1. The van der Waals surface area contributed by atoms with Crippen LogP contribution in [0.15, 0.2) is 0 Å². The molecule has 0 saturated carbocycles. The Morgan fingerprint density at radius 2 is 1.79 bits per heavy atom. The van der Waals surface area contributed by atoms with Crippen molar-refractivity contribution in [2.24, 2.45) is 5.41 Å². The fourth-order valence-electron chi connectivity index (χ4n) is 0.436. The highest BCUT2D eigenvalue weighted by Gasteiger charge is 2.22. The zero-order chi connectivity index (χ0) is 11.6. The average molecular weight is 227 g/mol. The number of alkyl halides is 1. The van der Waals surface area contributed by atoms with Gasteiger partial charge >= 0.3 is 5.97 Å². The fraction of sp³-hybridized carbons (Fsp3) is 0.889. The molecule has 0 unspecified atom stereocenters. The third-order valence-corrected chi connectivity index (χ3v) is 1.39. The lowest BCUT2D eigenvalue weighted by Gasteiger charge is -2.15. The van der Waals surface area contributed by atoms with Gasteiger partial charge in [0.05, 0.1) is 12.0 Å². The number of aliphatic hydroxyl groups is 2. The Kier molecular flexibility index (Phi) is 10.6. The lowest BCUT2D eigenvalue weighted by Crippen LogP contribution is -2.23. The quantitative estimate of drug-likeness (QED) is 0.328. The molecule has 14 heavy (non-hydrogen) atoms. The normalized spacial score (nSPS) is 10.1. The van der Waals surface area contributed by atoms with E-state index in [4.69, 9.17) is 26.6 Å². The molecular weight excluding hydrogens is 208 g/mol.